The highest BCUT2D eigenvalue weighted by Gasteiger charge is 2.19. The van der Waals surface area contributed by atoms with Crippen LogP contribution in [-0.4, -0.2) is 48.3 Å². The van der Waals surface area contributed by atoms with E-state index in [9.17, 15) is 0 Å². The van der Waals surface area contributed by atoms with Gasteiger partial charge < -0.3 is 20.6 Å². The molecule has 1 heterocycles. The van der Waals surface area contributed by atoms with Gasteiger partial charge in [-0.2, -0.15) is 0 Å². The van der Waals surface area contributed by atoms with Crippen LogP contribution in [-0.2, 0) is 4.74 Å². The van der Waals surface area contributed by atoms with Crippen LogP contribution in [0.5, 0.6) is 0 Å². The van der Waals surface area contributed by atoms with Crippen LogP contribution in [0.3, 0.4) is 0 Å². The molecule has 1 aliphatic heterocycles. The van der Waals surface area contributed by atoms with Gasteiger partial charge in [0.15, 0.2) is 0 Å². The molecule has 0 aromatic heterocycles. The minimum absolute atomic E-state index is 0.306. The van der Waals surface area contributed by atoms with Crippen molar-refractivity contribution in [3.63, 3.8) is 0 Å². The minimum atomic E-state index is 0.306. The zero-order valence-electron chi connectivity index (χ0n) is 9.35. The van der Waals surface area contributed by atoms with Crippen LogP contribution in [0.1, 0.15) is 26.2 Å². The fourth-order valence-electron chi connectivity index (χ4n) is 1.96. The van der Waals surface area contributed by atoms with Crippen molar-refractivity contribution in [3.05, 3.63) is 0 Å². The summed E-state index contributed by atoms with van der Waals surface area (Å²) in [4.78, 5) is 2.38. The molecule has 0 bridgehead atoms. The van der Waals surface area contributed by atoms with Crippen molar-refractivity contribution in [3.8, 4) is 0 Å². The summed E-state index contributed by atoms with van der Waals surface area (Å²) in [7, 11) is 0. The molecule has 1 saturated heterocycles. The highest BCUT2D eigenvalue weighted by atomic mass is 16.5. The Morgan fingerprint density at radius 1 is 1.53 bits per heavy atom. The molecule has 1 fully saturated rings. The lowest BCUT2D eigenvalue weighted by molar-refractivity contribution is 0.0367. The van der Waals surface area contributed by atoms with E-state index < -0.39 is 0 Å². The summed E-state index contributed by atoms with van der Waals surface area (Å²) in [5, 5.41) is 11.4. The summed E-state index contributed by atoms with van der Waals surface area (Å²) in [5.74, 6) is 0.306. The second kappa shape index (κ2) is 6.63. The fourth-order valence-corrected chi connectivity index (χ4v) is 1.96. The van der Waals surface area contributed by atoms with Gasteiger partial charge in [0.2, 0.25) is 0 Å². The van der Waals surface area contributed by atoms with Gasteiger partial charge in [-0.25, -0.2) is 0 Å². The molecule has 0 radical (unpaired) electrons. The molecule has 88 valence electrons. The summed E-state index contributed by atoms with van der Waals surface area (Å²) in [6.45, 7) is 5.71. The second-order valence-corrected chi connectivity index (χ2v) is 3.81. The third-order valence-electron chi connectivity index (χ3n) is 2.90. The van der Waals surface area contributed by atoms with E-state index >= 15 is 0 Å². The van der Waals surface area contributed by atoms with Crippen molar-refractivity contribution < 1.29 is 9.94 Å². The van der Waals surface area contributed by atoms with E-state index in [-0.39, 0.29) is 0 Å². The molecule has 3 N–H and O–H groups in total. The number of oxime groups is 1. The molecule has 0 aromatic carbocycles. The van der Waals surface area contributed by atoms with Crippen LogP contribution in [0.15, 0.2) is 5.16 Å². The first-order valence-corrected chi connectivity index (χ1v) is 5.56. The lowest BCUT2D eigenvalue weighted by Gasteiger charge is -2.33. The molecule has 0 aliphatic carbocycles. The zero-order valence-corrected chi connectivity index (χ0v) is 9.35. The number of nitrogens with zero attached hydrogens (tertiary/aromatic N) is 2. The quantitative estimate of drug-likeness (QED) is 0.305. The maximum absolute atomic E-state index is 8.46. The predicted octanol–water partition coefficient (Wildman–Crippen LogP) is 0.624. The van der Waals surface area contributed by atoms with E-state index in [1.54, 1.807) is 0 Å². The summed E-state index contributed by atoms with van der Waals surface area (Å²) < 4.78 is 5.33. The van der Waals surface area contributed by atoms with Crippen molar-refractivity contribution in [2.45, 2.75) is 32.2 Å². The fraction of sp³-hybridized carbons (Fsp3) is 0.900. The maximum atomic E-state index is 8.46. The second-order valence-electron chi connectivity index (χ2n) is 3.81. The van der Waals surface area contributed by atoms with Crippen molar-refractivity contribution >= 4 is 5.84 Å². The molecule has 0 atom stereocenters. The lowest BCUT2D eigenvalue weighted by atomic mass is 10.1. The van der Waals surface area contributed by atoms with Gasteiger partial charge >= 0.3 is 0 Å². The monoisotopic (exact) mass is 215 g/mol. The van der Waals surface area contributed by atoms with Crippen molar-refractivity contribution in [1.82, 2.24) is 4.90 Å². The Bertz CT molecular complexity index is 203. The lowest BCUT2D eigenvalue weighted by Crippen LogP contribution is -2.40. The van der Waals surface area contributed by atoms with Gasteiger partial charge in [-0.3, -0.25) is 0 Å². The number of hydrogen-bond donors (Lipinski definition) is 2. The van der Waals surface area contributed by atoms with E-state index in [0.717, 1.165) is 39.1 Å². The van der Waals surface area contributed by atoms with E-state index in [2.05, 4.69) is 17.0 Å². The Hall–Kier alpha value is -0.810. The van der Waals surface area contributed by atoms with Gasteiger partial charge in [-0.1, -0.05) is 12.1 Å². The van der Waals surface area contributed by atoms with Crippen LogP contribution in [0.25, 0.3) is 0 Å². The smallest absolute Gasteiger partial charge is 0.140 e. The predicted molar refractivity (Wildman–Crippen MR) is 59.1 cm³/mol. The highest BCUT2D eigenvalue weighted by molar-refractivity contribution is 5.79. The Balaban J connectivity index is 2.33. The number of amidine groups is 1. The molecule has 1 aliphatic rings. The molecular weight excluding hydrogens is 194 g/mol. The molecule has 0 amide bonds. The number of hydrogen-bond acceptors (Lipinski definition) is 4. The van der Waals surface area contributed by atoms with Crippen molar-refractivity contribution in [2.24, 2.45) is 10.9 Å². The Kier molecular flexibility index (Phi) is 5.42. The largest absolute Gasteiger partial charge is 0.409 e. The summed E-state index contributed by atoms with van der Waals surface area (Å²) in [5.41, 5.74) is 5.45. The first-order chi connectivity index (χ1) is 7.27. The van der Waals surface area contributed by atoms with E-state index in [1.807, 2.05) is 0 Å². The average molecular weight is 215 g/mol. The van der Waals surface area contributed by atoms with Crippen LogP contribution in [0.2, 0.25) is 0 Å². The molecule has 0 saturated carbocycles. The molecule has 1 rings (SSSR count). The highest BCUT2D eigenvalue weighted by Crippen LogP contribution is 2.14. The van der Waals surface area contributed by atoms with E-state index in [0.29, 0.717) is 18.3 Å². The molecule has 5 heteroatoms. The molecule has 0 aromatic rings. The standard InChI is InChI=1S/C10H21N3O2/c1-2-13(6-3-10(11)12-14)9-4-7-15-8-5-9/h9,14H,2-8H2,1H3,(H2,11,12). The minimum Gasteiger partial charge on any atom is -0.409 e. The molecule has 15 heavy (non-hydrogen) atoms. The van der Waals surface area contributed by atoms with Gasteiger partial charge in [0, 0.05) is 32.2 Å². The Labute approximate surface area is 90.9 Å². The summed E-state index contributed by atoms with van der Waals surface area (Å²) in [6.07, 6.45) is 2.80. The normalized spacial score (nSPS) is 19.7. The molecular formula is C10H21N3O2. The Morgan fingerprint density at radius 2 is 2.20 bits per heavy atom. The number of nitrogens with two attached hydrogens (primary N) is 1. The number of rotatable bonds is 5. The zero-order chi connectivity index (χ0) is 11.1. The van der Waals surface area contributed by atoms with Gasteiger partial charge in [-0.15, -0.1) is 0 Å². The molecule has 0 unspecified atom stereocenters. The number of ether oxygens (including phenoxy) is 1. The van der Waals surface area contributed by atoms with Gasteiger partial charge in [0.25, 0.3) is 0 Å². The molecule has 0 spiro atoms. The first-order valence-electron chi connectivity index (χ1n) is 5.56. The average Bonchev–Trinajstić information content (AvgIpc) is 2.31. The SMILES string of the molecule is CCN(CCC(N)=NO)C1CCOCC1. The Morgan fingerprint density at radius 3 is 2.73 bits per heavy atom. The topological polar surface area (TPSA) is 71.1 Å². The van der Waals surface area contributed by atoms with E-state index in [1.165, 1.54) is 0 Å². The first kappa shape index (κ1) is 12.3. The maximum Gasteiger partial charge on any atom is 0.140 e. The third-order valence-corrected chi connectivity index (χ3v) is 2.90. The van der Waals surface area contributed by atoms with Crippen molar-refractivity contribution in [1.29, 1.82) is 0 Å². The summed E-state index contributed by atoms with van der Waals surface area (Å²) in [6, 6.07) is 0.593. The third kappa shape index (κ3) is 4.05. The van der Waals surface area contributed by atoms with Gasteiger partial charge in [-0.05, 0) is 19.4 Å². The van der Waals surface area contributed by atoms with Crippen LogP contribution >= 0.6 is 0 Å². The van der Waals surface area contributed by atoms with Gasteiger partial charge in [0.05, 0.1) is 0 Å². The van der Waals surface area contributed by atoms with Crippen molar-refractivity contribution in [2.75, 3.05) is 26.3 Å². The van der Waals surface area contributed by atoms with Crippen LogP contribution in [0, 0.1) is 0 Å². The summed E-state index contributed by atoms with van der Waals surface area (Å²) >= 11 is 0. The van der Waals surface area contributed by atoms with Gasteiger partial charge in [0.1, 0.15) is 5.84 Å². The van der Waals surface area contributed by atoms with E-state index in [4.69, 9.17) is 15.7 Å². The molecule has 5 nitrogen and oxygen atoms in total. The van der Waals surface area contributed by atoms with Crippen LogP contribution in [0.4, 0.5) is 0 Å². The van der Waals surface area contributed by atoms with Crippen LogP contribution < -0.4 is 5.73 Å².